The predicted octanol–water partition coefficient (Wildman–Crippen LogP) is 8.18. The molecule has 8 aromatic rings. The van der Waals surface area contributed by atoms with Crippen LogP contribution in [0.15, 0.2) is 170 Å². The second-order valence-electron chi connectivity index (χ2n) is 11.0. The van der Waals surface area contributed by atoms with Crippen LogP contribution in [-0.4, -0.2) is 42.4 Å². The Hall–Kier alpha value is -6.22. The van der Waals surface area contributed by atoms with Crippen LogP contribution in [0.3, 0.4) is 0 Å². The van der Waals surface area contributed by atoms with E-state index in [4.69, 9.17) is 9.97 Å². The summed E-state index contributed by atoms with van der Waals surface area (Å²) in [5.74, 6) is 1.70. The third-order valence-electron chi connectivity index (χ3n) is 8.03. The van der Waals surface area contributed by atoms with E-state index in [2.05, 4.69) is 0 Å². The minimum atomic E-state index is -0.132. The number of aliphatic hydroxyl groups excluding tert-OH is 2. The van der Waals surface area contributed by atoms with Gasteiger partial charge in [-0.3, -0.25) is 8.80 Å². The maximum absolute atomic E-state index is 10.1. The molecule has 4 aromatic carbocycles. The summed E-state index contributed by atoms with van der Waals surface area (Å²) in [7, 11) is 0. The van der Waals surface area contributed by atoms with Gasteiger partial charge in [0.15, 0.2) is 0 Å². The van der Waals surface area contributed by atoms with Crippen LogP contribution in [0.5, 0.6) is 0 Å². The SMILES string of the molecule is OCN(c1ccccc1)c1c(-c2ccccc2)nc2ccccn12.OCN(c1ccccc1)c1c(-c2ccccc2)nc2ccccn12. The molecular formula is C40H34N6O2. The van der Waals surface area contributed by atoms with Crippen LogP contribution < -0.4 is 9.80 Å². The topological polar surface area (TPSA) is 81.5 Å². The molecule has 8 nitrogen and oxygen atoms in total. The Bertz CT molecular complexity index is 2060. The van der Waals surface area contributed by atoms with Crippen molar-refractivity contribution in [3.05, 3.63) is 170 Å². The van der Waals surface area contributed by atoms with E-state index in [9.17, 15) is 10.2 Å². The standard InChI is InChI=1S/2C20H17N3O/c2*24-15-23(17-11-5-2-6-12-17)20-19(16-9-3-1-4-10-16)21-18-13-7-8-14-22(18)20/h2*1-14,24H,15H2. The predicted molar refractivity (Wildman–Crippen MR) is 193 cm³/mol. The van der Waals surface area contributed by atoms with Gasteiger partial charge in [-0.25, -0.2) is 9.97 Å². The smallest absolute Gasteiger partial charge is 0.147 e. The Morgan fingerprint density at radius 1 is 0.417 bits per heavy atom. The van der Waals surface area contributed by atoms with E-state index in [-0.39, 0.29) is 13.5 Å². The van der Waals surface area contributed by atoms with Crippen LogP contribution in [0.1, 0.15) is 0 Å². The van der Waals surface area contributed by atoms with Crippen molar-refractivity contribution < 1.29 is 10.2 Å². The third-order valence-corrected chi connectivity index (χ3v) is 8.03. The molecule has 0 saturated carbocycles. The highest BCUT2D eigenvalue weighted by Crippen LogP contribution is 2.36. The van der Waals surface area contributed by atoms with E-state index in [0.717, 1.165) is 56.8 Å². The first kappa shape index (κ1) is 30.4. The molecule has 8 heteroatoms. The largest absolute Gasteiger partial charge is 0.376 e. The Morgan fingerprint density at radius 3 is 1.10 bits per heavy atom. The maximum atomic E-state index is 10.1. The normalized spacial score (nSPS) is 10.9. The molecule has 0 aliphatic rings. The minimum Gasteiger partial charge on any atom is -0.376 e. The van der Waals surface area contributed by atoms with Crippen molar-refractivity contribution in [2.75, 3.05) is 23.3 Å². The summed E-state index contributed by atoms with van der Waals surface area (Å²) < 4.78 is 4.01. The molecule has 0 saturated heterocycles. The zero-order chi connectivity index (χ0) is 32.7. The number of anilines is 4. The van der Waals surface area contributed by atoms with E-state index in [1.807, 2.05) is 189 Å². The van der Waals surface area contributed by atoms with Gasteiger partial charge in [-0.1, -0.05) is 109 Å². The molecule has 0 radical (unpaired) electrons. The second kappa shape index (κ2) is 14.0. The lowest BCUT2D eigenvalue weighted by Gasteiger charge is -2.23. The number of para-hydroxylation sites is 2. The highest BCUT2D eigenvalue weighted by Gasteiger charge is 2.22. The van der Waals surface area contributed by atoms with E-state index < -0.39 is 0 Å². The molecule has 2 N–H and O–H groups in total. The number of pyridine rings is 2. The van der Waals surface area contributed by atoms with Gasteiger partial charge in [-0.05, 0) is 48.5 Å². The zero-order valence-corrected chi connectivity index (χ0v) is 26.2. The van der Waals surface area contributed by atoms with Gasteiger partial charge in [-0.2, -0.15) is 0 Å². The first-order valence-corrected chi connectivity index (χ1v) is 15.7. The van der Waals surface area contributed by atoms with Gasteiger partial charge in [0, 0.05) is 34.9 Å². The van der Waals surface area contributed by atoms with Gasteiger partial charge < -0.3 is 20.0 Å². The van der Waals surface area contributed by atoms with E-state index >= 15 is 0 Å². The van der Waals surface area contributed by atoms with Gasteiger partial charge >= 0.3 is 0 Å². The number of benzene rings is 4. The Labute approximate surface area is 278 Å². The van der Waals surface area contributed by atoms with Crippen LogP contribution in [0.25, 0.3) is 33.8 Å². The van der Waals surface area contributed by atoms with Crippen LogP contribution in [0, 0.1) is 0 Å². The van der Waals surface area contributed by atoms with Gasteiger partial charge in [0.2, 0.25) is 0 Å². The van der Waals surface area contributed by atoms with Crippen molar-refractivity contribution in [1.29, 1.82) is 0 Å². The van der Waals surface area contributed by atoms with Crippen molar-refractivity contribution in [3.8, 4) is 22.5 Å². The van der Waals surface area contributed by atoms with Crippen molar-refractivity contribution in [2.45, 2.75) is 0 Å². The minimum absolute atomic E-state index is 0.132. The fraction of sp³-hybridized carbons (Fsp3) is 0.0500. The number of imidazole rings is 2. The fourth-order valence-electron chi connectivity index (χ4n) is 5.82. The monoisotopic (exact) mass is 630 g/mol. The lowest BCUT2D eigenvalue weighted by Crippen LogP contribution is -2.20. The van der Waals surface area contributed by atoms with Crippen LogP contribution in [0.4, 0.5) is 23.0 Å². The van der Waals surface area contributed by atoms with Gasteiger partial charge in [0.05, 0.1) is 0 Å². The quantitative estimate of drug-likeness (QED) is 0.165. The van der Waals surface area contributed by atoms with Gasteiger partial charge in [-0.15, -0.1) is 0 Å². The van der Waals surface area contributed by atoms with Crippen molar-refractivity contribution in [2.24, 2.45) is 0 Å². The zero-order valence-electron chi connectivity index (χ0n) is 26.2. The number of fused-ring (bicyclic) bond motifs is 2. The molecule has 0 aliphatic carbocycles. The van der Waals surface area contributed by atoms with Gasteiger partial charge in [0.1, 0.15) is 47.8 Å². The Balaban J connectivity index is 0.000000152. The number of hydrogen-bond donors (Lipinski definition) is 2. The molecule has 236 valence electrons. The first-order valence-electron chi connectivity index (χ1n) is 15.7. The lowest BCUT2D eigenvalue weighted by molar-refractivity contribution is 0.303. The molecule has 48 heavy (non-hydrogen) atoms. The summed E-state index contributed by atoms with van der Waals surface area (Å²) in [5.41, 5.74) is 7.27. The molecule has 0 bridgehead atoms. The van der Waals surface area contributed by atoms with Gasteiger partial charge in [0.25, 0.3) is 0 Å². The molecule has 0 spiro atoms. The van der Waals surface area contributed by atoms with Crippen molar-refractivity contribution in [3.63, 3.8) is 0 Å². The summed E-state index contributed by atoms with van der Waals surface area (Å²) >= 11 is 0. The van der Waals surface area contributed by atoms with Crippen LogP contribution in [0.2, 0.25) is 0 Å². The third kappa shape index (κ3) is 6.01. The Morgan fingerprint density at radius 2 is 0.750 bits per heavy atom. The molecule has 8 rings (SSSR count). The summed E-state index contributed by atoms with van der Waals surface area (Å²) in [4.78, 5) is 13.3. The second-order valence-corrected chi connectivity index (χ2v) is 11.0. The number of nitrogens with zero attached hydrogens (tertiary/aromatic N) is 6. The lowest BCUT2D eigenvalue weighted by atomic mass is 10.1. The van der Waals surface area contributed by atoms with Crippen LogP contribution >= 0.6 is 0 Å². The summed E-state index contributed by atoms with van der Waals surface area (Å²) in [6, 6.07) is 51.6. The fourth-order valence-corrected chi connectivity index (χ4v) is 5.82. The average molecular weight is 631 g/mol. The number of hydrogen-bond acceptors (Lipinski definition) is 6. The highest BCUT2D eigenvalue weighted by molar-refractivity contribution is 5.82. The molecule has 0 amide bonds. The first-order chi connectivity index (χ1) is 23.8. The summed E-state index contributed by atoms with van der Waals surface area (Å²) in [6.45, 7) is -0.265. The van der Waals surface area contributed by atoms with E-state index in [0.29, 0.717) is 0 Å². The summed E-state index contributed by atoms with van der Waals surface area (Å²) in [6.07, 6.45) is 3.94. The molecule has 0 unspecified atom stereocenters. The number of aliphatic hydroxyl groups is 2. The number of aromatic nitrogens is 4. The molecule has 4 aromatic heterocycles. The average Bonchev–Trinajstić information content (AvgIpc) is 3.74. The molecular weight excluding hydrogens is 596 g/mol. The highest BCUT2D eigenvalue weighted by atomic mass is 16.3. The molecule has 0 aliphatic heterocycles. The van der Waals surface area contributed by atoms with E-state index in [1.54, 1.807) is 0 Å². The molecule has 4 heterocycles. The van der Waals surface area contributed by atoms with Crippen molar-refractivity contribution in [1.82, 2.24) is 18.8 Å². The van der Waals surface area contributed by atoms with Crippen LogP contribution in [-0.2, 0) is 0 Å². The Kier molecular flexibility index (Phi) is 8.91. The van der Waals surface area contributed by atoms with E-state index in [1.165, 1.54) is 0 Å². The summed E-state index contributed by atoms with van der Waals surface area (Å²) in [5, 5.41) is 20.1. The van der Waals surface area contributed by atoms with Crippen molar-refractivity contribution >= 4 is 34.3 Å². The number of rotatable bonds is 8. The molecule has 0 fully saturated rings. The molecule has 0 atom stereocenters. The maximum Gasteiger partial charge on any atom is 0.147 e.